The second-order valence-electron chi connectivity index (χ2n) is 6.55. The Balaban J connectivity index is 1.83. The van der Waals surface area contributed by atoms with E-state index in [0.717, 1.165) is 27.8 Å². The van der Waals surface area contributed by atoms with Crippen molar-refractivity contribution in [1.29, 1.82) is 0 Å². The average Bonchev–Trinajstić information content (AvgIpc) is 3.02. The van der Waals surface area contributed by atoms with Crippen molar-refractivity contribution >= 4 is 40.2 Å². The van der Waals surface area contributed by atoms with Crippen LogP contribution in [0.4, 0.5) is 0 Å². The summed E-state index contributed by atoms with van der Waals surface area (Å²) in [7, 11) is 3.95. The van der Waals surface area contributed by atoms with Gasteiger partial charge in [0.1, 0.15) is 5.58 Å². The van der Waals surface area contributed by atoms with Gasteiger partial charge < -0.3 is 14.6 Å². The van der Waals surface area contributed by atoms with E-state index in [1.165, 1.54) is 0 Å². The first-order valence-corrected chi connectivity index (χ1v) is 10.5. The summed E-state index contributed by atoms with van der Waals surface area (Å²) >= 11 is 8.02. The molecule has 0 radical (unpaired) electrons. The number of carbonyl (C=O) groups excluding carboxylic acids is 1. The standard InChI is InChI=1S/C21H23ClN2O2S/c1-24(2)18(15-9-4-6-10-17(15)22)12-23-21(25)20-16(13-27-3)14-8-5-7-11-19(14)26-20/h4-11,18H,12-13H2,1-3H3,(H,23,25). The van der Waals surface area contributed by atoms with Crippen LogP contribution in [0.5, 0.6) is 0 Å². The van der Waals surface area contributed by atoms with Gasteiger partial charge in [-0.25, -0.2) is 0 Å². The number of furan rings is 1. The van der Waals surface area contributed by atoms with Gasteiger partial charge in [-0.1, -0.05) is 48.0 Å². The number of thioether (sulfide) groups is 1. The first-order chi connectivity index (χ1) is 13.0. The fourth-order valence-electron chi connectivity index (χ4n) is 3.16. The molecule has 1 atom stereocenters. The van der Waals surface area contributed by atoms with Crippen LogP contribution in [-0.4, -0.2) is 37.7 Å². The fourth-order valence-corrected chi connectivity index (χ4v) is 3.99. The Kier molecular flexibility index (Phi) is 6.47. The normalized spacial score (nSPS) is 12.5. The smallest absolute Gasteiger partial charge is 0.287 e. The van der Waals surface area contributed by atoms with Crippen molar-refractivity contribution in [1.82, 2.24) is 10.2 Å². The summed E-state index contributed by atoms with van der Waals surface area (Å²) in [4.78, 5) is 14.9. The maximum absolute atomic E-state index is 12.9. The highest BCUT2D eigenvalue weighted by Crippen LogP contribution is 2.29. The lowest BCUT2D eigenvalue weighted by atomic mass is 10.1. The first kappa shape index (κ1) is 19.8. The Hall–Kier alpha value is -1.95. The number of hydrogen-bond acceptors (Lipinski definition) is 4. The van der Waals surface area contributed by atoms with Gasteiger partial charge in [0.25, 0.3) is 5.91 Å². The second kappa shape index (κ2) is 8.83. The minimum atomic E-state index is -0.200. The number of benzene rings is 2. The molecule has 1 aromatic heterocycles. The van der Waals surface area contributed by atoms with E-state index < -0.39 is 0 Å². The van der Waals surface area contributed by atoms with Crippen LogP contribution < -0.4 is 5.32 Å². The largest absolute Gasteiger partial charge is 0.451 e. The molecule has 0 saturated heterocycles. The lowest BCUT2D eigenvalue weighted by Gasteiger charge is -2.25. The summed E-state index contributed by atoms with van der Waals surface area (Å²) in [6.07, 6.45) is 2.02. The van der Waals surface area contributed by atoms with Crippen LogP contribution in [0, 0.1) is 0 Å². The molecule has 1 heterocycles. The van der Waals surface area contributed by atoms with E-state index in [-0.39, 0.29) is 11.9 Å². The number of rotatable bonds is 7. The summed E-state index contributed by atoms with van der Waals surface area (Å²) in [5.41, 5.74) is 2.66. The topological polar surface area (TPSA) is 45.5 Å². The Morgan fingerprint density at radius 1 is 1.19 bits per heavy atom. The molecule has 3 rings (SSSR count). The molecule has 3 aromatic rings. The van der Waals surface area contributed by atoms with Crippen molar-refractivity contribution in [3.05, 3.63) is 70.4 Å². The molecule has 142 valence electrons. The average molecular weight is 403 g/mol. The summed E-state index contributed by atoms with van der Waals surface area (Å²) in [5, 5.41) is 4.71. The monoisotopic (exact) mass is 402 g/mol. The van der Waals surface area contributed by atoms with E-state index in [9.17, 15) is 4.79 Å². The Morgan fingerprint density at radius 3 is 2.59 bits per heavy atom. The number of hydrogen-bond donors (Lipinski definition) is 1. The van der Waals surface area contributed by atoms with E-state index in [4.69, 9.17) is 16.0 Å². The van der Waals surface area contributed by atoms with Crippen LogP contribution in [0.25, 0.3) is 11.0 Å². The van der Waals surface area contributed by atoms with Crippen LogP contribution in [0.1, 0.15) is 27.7 Å². The molecular weight excluding hydrogens is 380 g/mol. The van der Waals surface area contributed by atoms with Gasteiger partial charge in [-0.3, -0.25) is 4.79 Å². The maximum atomic E-state index is 12.9. The van der Waals surface area contributed by atoms with Crippen molar-refractivity contribution in [3.8, 4) is 0 Å². The molecule has 1 N–H and O–H groups in total. The third-order valence-electron chi connectivity index (χ3n) is 4.54. The van der Waals surface area contributed by atoms with Crippen LogP contribution in [0.2, 0.25) is 5.02 Å². The van der Waals surface area contributed by atoms with Crippen LogP contribution in [-0.2, 0) is 5.75 Å². The van der Waals surface area contributed by atoms with E-state index in [0.29, 0.717) is 17.3 Å². The van der Waals surface area contributed by atoms with Gasteiger partial charge in [-0.2, -0.15) is 11.8 Å². The maximum Gasteiger partial charge on any atom is 0.287 e. The summed E-state index contributed by atoms with van der Waals surface area (Å²) in [5.74, 6) is 0.915. The zero-order chi connectivity index (χ0) is 19.4. The number of likely N-dealkylation sites (N-methyl/N-ethyl adjacent to an activating group) is 1. The van der Waals surface area contributed by atoms with Gasteiger partial charge in [-0.05, 0) is 38.0 Å². The van der Waals surface area contributed by atoms with Gasteiger partial charge in [0.2, 0.25) is 0 Å². The lowest BCUT2D eigenvalue weighted by Crippen LogP contribution is -2.34. The molecule has 27 heavy (non-hydrogen) atoms. The zero-order valence-electron chi connectivity index (χ0n) is 15.7. The highest BCUT2D eigenvalue weighted by atomic mass is 35.5. The van der Waals surface area contributed by atoms with Crippen molar-refractivity contribution < 1.29 is 9.21 Å². The Morgan fingerprint density at radius 2 is 1.89 bits per heavy atom. The molecule has 6 heteroatoms. The molecule has 0 aliphatic rings. The third-order valence-corrected chi connectivity index (χ3v) is 5.46. The molecule has 1 unspecified atom stereocenters. The first-order valence-electron chi connectivity index (χ1n) is 8.71. The molecule has 0 aliphatic carbocycles. The number of carbonyl (C=O) groups is 1. The third kappa shape index (κ3) is 4.32. The SMILES string of the molecule is CSCc1c(C(=O)NCC(c2ccccc2Cl)N(C)C)oc2ccccc12. The molecule has 2 aromatic carbocycles. The number of halogens is 1. The number of para-hydroxylation sites is 1. The predicted molar refractivity (Wildman–Crippen MR) is 114 cm³/mol. The molecule has 0 aliphatic heterocycles. The molecule has 0 bridgehead atoms. The van der Waals surface area contributed by atoms with Crippen molar-refractivity contribution in [2.24, 2.45) is 0 Å². The molecule has 0 spiro atoms. The highest BCUT2D eigenvalue weighted by Gasteiger charge is 2.23. The Labute approximate surface area is 168 Å². The van der Waals surface area contributed by atoms with Crippen molar-refractivity contribution in [2.45, 2.75) is 11.8 Å². The van der Waals surface area contributed by atoms with Crippen LogP contribution >= 0.6 is 23.4 Å². The van der Waals surface area contributed by atoms with Gasteiger partial charge in [0.15, 0.2) is 5.76 Å². The summed E-state index contributed by atoms with van der Waals surface area (Å²) in [6, 6.07) is 15.4. The molecule has 4 nitrogen and oxygen atoms in total. The summed E-state index contributed by atoms with van der Waals surface area (Å²) < 4.78 is 5.87. The minimum Gasteiger partial charge on any atom is -0.451 e. The predicted octanol–water partition coefficient (Wildman–Crippen LogP) is 4.98. The van der Waals surface area contributed by atoms with Crippen molar-refractivity contribution in [3.63, 3.8) is 0 Å². The fraction of sp³-hybridized carbons (Fsp3) is 0.286. The number of nitrogens with one attached hydrogen (secondary N) is 1. The number of nitrogens with zero attached hydrogens (tertiary/aromatic N) is 1. The molecular formula is C21H23ClN2O2S. The van der Waals surface area contributed by atoms with Gasteiger partial charge >= 0.3 is 0 Å². The van der Waals surface area contributed by atoms with Gasteiger partial charge in [0, 0.05) is 28.3 Å². The second-order valence-corrected chi connectivity index (χ2v) is 7.82. The van der Waals surface area contributed by atoms with Gasteiger partial charge in [-0.15, -0.1) is 0 Å². The molecule has 0 saturated carbocycles. The summed E-state index contributed by atoms with van der Waals surface area (Å²) in [6.45, 7) is 0.436. The molecule has 0 fully saturated rings. The van der Waals surface area contributed by atoms with Gasteiger partial charge in [0.05, 0.1) is 6.04 Å². The van der Waals surface area contributed by atoms with Crippen LogP contribution in [0.15, 0.2) is 52.9 Å². The lowest BCUT2D eigenvalue weighted by molar-refractivity contribution is 0.0915. The zero-order valence-corrected chi connectivity index (χ0v) is 17.2. The van der Waals surface area contributed by atoms with Crippen molar-refractivity contribution in [2.75, 3.05) is 26.9 Å². The van der Waals surface area contributed by atoms with Crippen LogP contribution in [0.3, 0.4) is 0 Å². The highest BCUT2D eigenvalue weighted by molar-refractivity contribution is 7.97. The quantitative estimate of drug-likeness (QED) is 0.605. The van der Waals surface area contributed by atoms with E-state index in [2.05, 4.69) is 5.32 Å². The number of amides is 1. The van der Waals surface area contributed by atoms with E-state index >= 15 is 0 Å². The molecule has 1 amide bonds. The Bertz CT molecular complexity index is 939. The minimum absolute atomic E-state index is 0.0315. The van der Waals surface area contributed by atoms with E-state index in [1.807, 2.05) is 73.8 Å². The number of fused-ring (bicyclic) bond motifs is 1. The van der Waals surface area contributed by atoms with E-state index in [1.54, 1.807) is 11.8 Å².